The number of aryl methyl sites for hydroxylation is 1. The Bertz CT molecular complexity index is 1650. The molecule has 0 aliphatic carbocycles. The van der Waals surface area contributed by atoms with E-state index >= 15 is 0 Å². The van der Waals surface area contributed by atoms with Crippen LogP contribution in [-0.2, 0) is 0 Å². The number of nitrogens with one attached hydrogen (secondary N) is 1. The molecule has 39 heavy (non-hydrogen) atoms. The van der Waals surface area contributed by atoms with Gasteiger partial charge in [-0.25, -0.2) is 9.97 Å². The monoisotopic (exact) mass is 559 g/mol. The van der Waals surface area contributed by atoms with Gasteiger partial charge in [0.25, 0.3) is 11.8 Å². The van der Waals surface area contributed by atoms with E-state index in [-0.39, 0.29) is 17.7 Å². The van der Waals surface area contributed by atoms with Gasteiger partial charge in [-0.15, -0.1) is 11.3 Å². The number of ether oxygens (including phenoxy) is 1. The second-order valence-electron chi connectivity index (χ2n) is 9.25. The predicted molar refractivity (Wildman–Crippen MR) is 151 cm³/mol. The number of carbonyl (C=O) groups is 2. The molecule has 0 spiro atoms. The summed E-state index contributed by atoms with van der Waals surface area (Å²) in [4.78, 5) is 37.3. The number of para-hydroxylation sites is 1. The van der Waals surface area contributed by atoms with Crippen LogP contribution in [0.4, 0.5) is 5.13 Å². The third-order valence-electron chi connectivity index (χ3n) is 6.83. The first-order chi connectivity index (χ1) is 19.0. The van der Waals surface area contributed by atoms with Crippen LogP contribution in [0.1, 0.15) is 50.4 Å². The fourth-order valence-corrected chi connectivity index (χ4v) is 6.64. The van der Waals surface area contributed by atoms with Crippen LogP contribution in [0.5, 0.6) is 5.75 Å². The molecule has 9 nitrogen and oxygen atoms in total. The largest absolute Gasteiger partial charge is 0.494 e. The lowest BCUT2D eigenvalue weighted by Crippen LogP contribution is -2.38. The van der Waals surface area contributed by atoms with Crippen LogP contribution in [0.15, 0.2) is 58.4 Å². The fourth-order valence-electron chi connectivity index (χ4n) is 4.79. The number of piperidine rings is 1. The number of thiazole rings is 2. The van der Waals surface area contributed by atoms with E-state index in [4.69, 9.17) is 9.26 Å². The Labute approximate surface area is 232 Å². The number of hydrogen-bond acceptors (Lipinski definition) is 9. The van der Waals surface area contributed by atoms with E-state index < -0.39 is 0 Å². The highest BCUT2D eigenvalue weighted by atomic mass is 32.1. The van der Waals surface area contributed by atoms with Crippen molar-refractivity contribution in [3.05, 3.63) is 75.9 Å². The Morgan fingerprint density at radius 3 is 2.64 bits per heavy atom. The van der Waals surface area contributed by atoms with Gasteiger partial charge in [-0.2, -0.15) is 0 Å². The van der Waals surface area contributed by atoms with E-state index in [1.54, 1.807) is 19.4 Å². The smallest absolute Gasteiger partial charge is 0.276 e. The summed E-state index contributed by atoms with van der Waals surface area (Å²) in [5.74, 6) is 1.00. The van der Waals surface area contributed by atoms with E-state index in [2.05, 4.69) is 20.4 Å². The number of carbonyl (C=O) groups excluding carboxylic acids is 2. The molecule has 0 unspecified atom stereocenters. The quantitative estimate of drug-likeness (QED) is 0.272. The van der Waals surface area contributed by atoms with Gasteiger partial charge in [0, 0.05) is 30.0 Å². The SMILES string of the molecule is COc1cccc2sc(NC(=O)c3csc(C4CCN(C(=O)c5c(-c6ccccc6)noc5C)CC4)n3)nc12. The van der Waals surface area contributed by atoms with Crippen LogP contribution in [0.25, 0.3) is 21.5 Å². The minimum atomic E-state index is -0.292. The maximum absolute atomic E-state index is 13.4. The molecule has 1 fully saturated rings. The molecule has 2 aromatic carbocycles. The van der Waals surface area contributed by atoms with Crippen molar-refractivity contribution in [1.29, 1.82) is 0 Å². The maximum Gasteiger partial charge on any atom is 0.276 e. The van der Waals surface area contributed by atoms with Crippen molar-refractivity contribution < 1.29 is 18.8 Å². The van der Waals surface area contributed by atoms with Crippen molar-refractivity contribution in [2.24, 2.45) is 0 Å². The molecule has 0 atom stereocenters. The molecule has 198 valence electrons. The van der Waals surface area contributed by atoms with Crippen molar-refractivity contribution in [1.82, 2.24) is 20.0 Å². The van der Waals surface area contributed by atoms with Crippen LogP contribution >= 0.6 is 22.7 Å². The van der Waals surface area contributed by atoms with Crippen molar-refractivity contribution in [3.8, 4) is 17.0 Å². The third kappa shape index (κ3) is 4.90. The molecule has 4 heterocycles. The molecule has 0 saturated carbocycles. The second kappa shape index (κ2) is 10.6. The molecule has 0 bridgehead atoms. The summed E-state index contributed by atoms with van der Waals surface area (Å²) in [5, 5.41) is 10.2. The van der Waals surface area contributed by atoms with Gasteiger partial charge < -0.3 is 14.2 Å². The summed E-state index contributed by atoms with van der Waals surface area (Å²) in [5.41, 5.74) is 3.03. The van der Waals surface area contributed by atoms with Crippen LogP contribution in [-0.4, -0.2) is 52.0 Å². The zero-order valence-corrected chi connectivity index (χ0v) is 23.0. The van der Waals surface area contributed by atoms with Crippen molar-refractivity contribution in [2.75, 3.05) is 25.5 Å². The third-order valence-corrected chi connectivity index (χ3v) is 8.78. The fraction of sp³-hybridized carbons (Fsp3) is 0.250. The van der Waals surface area contributed by atoms with Gasteiger partial charge in [-0.1, -0.05) is 52.9 Å². The van der Waals surface area contributed by atoms with E-state index in [9.17, 15) is 9.59 Å². The minimum Gasteiger partial charge on any atom is -0.494 e. The molecular weight excluding hydrogens is 534 g/mol. The first kappa shape index (κ1) is 25.2. The Morgan fingerprint density at radius 1 is 1.08 bits per heavy atom. The lowest BCUT2D eigenvalue weighted by Gasteiger charge is -2.31. The number of anilines is 1. The van der Waals surface area contributed by atoms with Gasteiger partial charge in [0.1, 0.15) is 34.0 Å². The molecular formula is C28H25N5O4S2. The lowest BCUT2D eigenvalue weighted by molar-refractivity contribution is 0.0711. The molecule has 6 rings (SSSR count). The van der Waals surface area contributed by atoms with Gasteiger partial charge in [0.05, 0.1) is 16.8 Å². The summed E-state index contributed by atoms with van der Waals surface area (Å²) in [6, 6.07) is 15.3. The lowest BCUT2D eigenvalue weighted by atomic mass is 9.96. The van der Waals surface area contributed by atoms with Crippen molar-refractivity contribution in [3.63, 3.8) is 0 Å². The molecule has 1 aliphatic heterocycles. The number of likely N-dealkylation sites (tertiary alicyclic amines) is 1. The summed E-state index contributed by atoms with van der Waals surface area (Å²) in [6.07, 6.45) is 1.53. The molecule has 0 radical (unpaired) electrons. The second-order valence-corrected chi connectivity index (χ2v) is 11.2. The number of aromatic nitrogens is 3. The normalized spacial score (nSPS) is 14.1. The summed E-state index contributed by atoms with van der Waals surface area (Å²) in [6.45, 7) is 2.96. The molecule has 1 saturated heterocycles. The van der Waals surface area contributed by atoms with Crippen LogP contribution in [0.2, 0.25) is 0 Å². The standard InChI is InChI=1S/C28H25N5O4S2/c1-16-22(23(32-37-16)17-7-4-3-5-8-17)27(35)33-13-11-18(12-14-33)26-29-19(15-38-26)25(34)31-28-30-24-20(36-2)9-6-10-21(24)39-28/h3-10,15,18H,11-14H2,1-2H3,(H,30,31,34). The molecule has 11 heteroatoms. The highest BCUT2D eigenvalue weighted by Crippen LogP contribution is 2.34. The first-order valence-electron chi connectivity index (χ1n) is 12.5. The number of methoxy groups -OCH3 is 1. The summed E-state index contributed by atoms with van der Waals surface area (Å²) < 4.78 is 11.7. The van der Waals surface area contributed by atoms with E-state index in [1.165, 1.54) is 22.7 Å². The molecule has 1 aliphatic rings. The minimum absolute atomic E-state index is 0.0716. The number of nitrogens with zero attached hydrogens (tertiary/aromatic N) is 4. The zero-order valence-electron chi connectivity index (χ0n) is 21.3. The average Bonchev–Trinajstić information content (AvgIpc) is 3.71. The topological polar surface area (TPSA) is 110 Å². The number of hydrogen-bond donors (Lipinski definition) is 1. The van der Waals surface area contributed by atoms with Crippen LogP contribution in [0.3, 0.4) is 0 Å². The Hall–Kier alpha value is -4.09. The number of benzene rings is 2. The molecule has 2 amide bonds. The Kier molecular flexibility index (Phi) is 6.84. The number of rotatable bonds is 6. The number of amides is 2. The average molecular weight is 560 g/mol. The molecule has 1 N–H and O–H groups in total. The predicted octanol–water partition coefficient (Wildman–Crippen LogP) is 6.00. The van der Waals surface area contributed by atoms with E-state index in [1.807, 2.05) is 53.4 Å². The summed E-state index contributed by atoms with van der Waals surface area (Å²) >= 11 is 2.87. The Balaban J connectivity index is 1.10. The van der Waals surface area contributed by atoms with E-state index in [0.29, 0.717) is 46.7 Å². The maximum atomic E-state index is 13.4. The van der Waals surface area contributed by atoms with Crippen LogP contribution < -0.4 is 10.1 Å². The highest BCUT2D eigenvalue weighted by Gasteiger charge is 2.31. The molecule has 3 aromatic heterocycles. The van der Waals surface area contributed by atoms with Gasteiger partial charge in [0.15, 0.2) is 5.13 Å². The number of fused-ring (bicyclic) bond motifs is 1. The van der Waals surface area contributed by atoms with Crippen LogP contribution in [0, 0.1) is 6.92 Å². The molecule has 5 aromatic rings. The first-order valence-corrected chi connectivity index (χ1v) is 14.2. The van der Waals surface area contributed by atoms with Gasteiger partial charge in [-0.05, 0) is 31.9 Å². The zero-order chi connectivity index (χ0) is 26.9. The van der Waals surface area contributed by atoms with Gasteiger partial charge >= 0.3 is 0 Å². The van der Waals surface area contributed by atoms with Crippen molar-refractivity contribution in [2.45, 2.75) is 25.7 Å². The Morgan fingerprint density at radius 2 is 1.87 bits per heavy atom. The van der Waals surface area contributed by atoms with Gasteiger partial charge in [0.2, 0.25) is 0 Å². The van der Waals surface area contributed by atoms with Gasteiger partial charge in [-0.3, -0.25) is 14.9 Å². The van der Waals surface area contributed by atoms with Crippen molar-refractivity contribution >= 4 is 49.8 Å². The highest BCUT2D eigenvalue weighted by molar-refractivity contribution is 7.22. The van der Waals surface area contributed by atoms with E-state index in [0.717, 1.165) is 33.6 Å². The summed E-state index contributed by atoms with van der Waals surface area (Å²) in [7, 11) is 1.60.